The van der Waals surface area contributed by atoms with Crippen molar-refractivity contribution in [2.24, 2.45) is 0 Å². The maximum Gasteiger partial charge on any atom is 0.124 e. The molecule has 1 unspecified atom stereocenters. The Hall–Kier alpha value is -1.61. The lowest BCUT2D eigenvalue weighted by molar-refractivity contribution is 0.408. The predicted molar refractivity (Wildman–Crippen MR) is 63.1 cm³/mol. The fourth-order valence-electron chi connectivity index (χ4n) is 1.64. The third-order valence-corrected chi connectivity index (χ3v) is 2.62. The van der Waals surface area contributed by atoms with Gasteiger partial charge in [-0.2, -0.15) is 0 Å². The molecule has 0 fully saturated rings. The minimum atomic E-state index is 0.508. The predicted octanol–water partition coefficient (Wildman–Crippen LogP) is 2.57. The van der Waals surface area contributed by atoms with Crippen molar-refractivity contribution < 1.29 is 4.52 Å². The molecule has 0 aliphatic carbocycles. The Labute approximate surface area is 95.5 Å². The maximum absolute atomic E-state index is 4.77. The van der Waals surface area contributed by atoms with Crippen molar-refractivity contribution >= 4 is 0 Å². The first-order valence-corrected chi connectivity index (χ1v) is 5.51. The normalized spacial score (nSPS) is 12.6. The van der Waals surface area contributed by atoms with E-state index in [9.17, 15) is 0 Å². The average molecular weight is 216 g/mol. The number of hydrogen-bond donors (Lipinski definition) is 1. The molecule has 1 heterocycles. The van der Waals surface area contributed by atoms with Crippen LogP contribution >= 0.6 is 0 Å². The summed E-state index contributed by atoms with van der Waals surface area (Å²) in [4.78, 5) is 0. The first kappa shape index (κ1) is 10.9. The highest BCUT2D eigenvalue weighted by molar-refractivity contribution is 5.18. The second kappa shape index (κ2) is 5.47. The molecule has 0 amide bonds. The summed E-state index contributed by atoms with van der Waals surface area (Å²) >= 11 is 0. The van der Waals surface area contributed by atoms with Crippen LogP contribution in [0.4, 0.5) is 0 Å². The lowest BCUT2D eigenvalue weighted by atomic mass is 10.0. The van der Waals surface area contributed by atoms with Gasteiger partial charge in [0.1, 0.15) is 6.26 Å². The van der Waals surface area contributed by atoms with Gasteiger partial charge in [0.2, 0.25) is 0 Å². The minimum absolute atomic E-state index is 0.508. The highest BCUT2D eigenvalue weighted by atomic mass is 16.5. The molecule has 0 bridgehead atoms. The van der Waals surface area contributed by atoms with Crippen molar-refractivity contribution in [3.05, 3.63) is 53.9 Å². The zero-order valence-electron chi connectivity index (χ0n) is 9.39. The van der Waals surface area contributed by atoms with Crippen LogP contribution < -0.4 is 5.32 Å². The van der Waals surface area contributed by atoms with Crippen molar-refractivity contribution in [3.8, 4) is 0 Å². The molecule has 2 aromatic rings. The van der Waals surface area contributed by atoms with Crippen LogP contribution in [0, 0.1) is 0 Å². The summed E-state index contributed by atoms with van der Waals surface area (Å²) in [5.74, 6) is 0.508. The Bertz CT molecular complexity index is 397. The Morgan fingerprint density at radius 2 is 2.06 bits per heavy atom. The van der Waals surface area contributed by atoms with Gasteiger partial charge in [0.05, 0.1) is 5.69 Å². The summed E-state index contributed by atoms with van der Waals surface area (Å²) in [6, 6.07) is 12.4. The molecule has 16 heavy (non-hydrogen) atoms. The Kier molecular flexibility index (Phi) is 3.72. The van der Waals surface area contributed by atoms with Crippen molar-refractivity contribution in [1.29, 1.82) is 0 Å². The number of aromatic nitrogens is 1. The molecule has 3 heteroatoms. The first-order valence-electron chi connectivity index (χ1n) is 5.51. The Morgan fingerprint density at radius 3 is 2.75 bits per heavy atom. The van der Waals surface area contributed by atoms with Crippen LogP contribution in [0.25, 0.3) is 0 Å². The number of nitrogens with zero attached hydrogens (tertiary/aromatic N) is 1. The van der Waals surface area contributed by atoms with Gasteiger partial charge in [-0.3, -0.25) is 0 Å². The maximum atomic E-state index is 4.77. The van der Waals surface area contributed by atoms with Crippen LogP contribution in [0.3, 0.4) is 0 Å². The second-order valence-corrected chi connectivity index (χ2v) is 3.93. The van der Waals surface area contributed by atoms with Gasteiger partial charge in [0.25, 0.3) is 0 Å². The topological polar surface area (TPSA) is 38.1 Å². The van der Waals surface area contributed by atoms with Gasteiger partial charge < -0.3 is 9.84 Å². The molecule has 84 valence electrons. The summed E-state index contributed by atoms with van der Waals surface area (Å²) in [6.07, 6.45) is 1.59. The lowest BCUT2D eigenvalue weighted by Gasteiger charge is -2.11. The van der Waals surface area contributed by atoms with Crippen molar-refractivity contribution in [1.82, 2.24) is 10.5 Å². The highest BCUT2D eigenvalue weighted by Crippen LogP contribution is 2.13. The molecular formula is C13H16N2O. The van der Waals surface area contributed by atoms with Crippen LogP contribution in [-0.2, 0) is 6.54 Å². The smallest absolute Gasteiger partial charge is 0.124 e. The van der Waals surface area contributed by atoms with Gasteiger partial charge in [-0.25, -0.2) is 0 Å². The van der Waals surface area contributed by atoms with Gasteiger partial charge >= 0.3 is 0 Å². The van der Waals surface area contributed by atoms with E-state index in [2.05, 4.69) is 41.7 Å². The molecule has 0 radical (unpaired) electrons. The summed E-state index contributed by atoms with van der Waals surface area (Å²) in [6.45, 7) is 3.91. The number of rotatable bonds is 5. The SMILES string of the molecule is CC(CNCc1ccon1)c1ccccc1. The monoisotopic (exact) mass is 216 g/mol. The van der Waals surface area contributed by atoms with Crippen LogP contribution in [0.5, 0.6) is 0 Å². The van der Waals surface area contributed by atoms with Crippen LogP contribution in [0.2, 0.25) is 0 Å². The molecule has 1 aromatic carbocycles. The van der Waals surface area contributed by atoms with E-state index in [0.717, 1.165) is 18.8 Å². The van der Waals surface area contributed by atoms with Crippen LogP contribution in [-0.4, -0.2) is 11.7 Å². The summed E-state index contributed by atoms with van der Waals surface area (Å²) in [5.41, 5.74) is 2.30. The molecule has 1 N–H and O–H groups in total. The van der Waals surface area contributed by atoms with Crippen molar-refractivity contribution in [3.63, 3.8) is 0 Å². The largest absolute Gasteiger partial charge is 0.364 e. The number of hydrogen-bond acceptors (Lipinski definition) is 3. The molecule has 0 spiro atoms. The van der Waals surface area contributed by atoms with E-state index in [-0.39, 0.29) is 0 Å². The van der Waals surface area contributed by atoms with E-state index in [1.54, 1.807) is 6.26 Å². The van der Waals surface area contributed by atoms with E-state index >= 15 is 0 Å². The van der Waals surface area contributed by atoms with Crippen molar-refractivity contribution in [2.45, 2.75) is 19.4 Å². The van der Waals surface area contributed by atoms with Gasteiger partial charge in [-0.05, 0) is 11.5 Å². The van der Waals surface area contributed by atoms with E-state index < -0.39 is 0 Å². The number of benzene rings is 1. The molecule has 0 saturated heterocycles. The molecule has 2 rings (SSSR count). The molecule has 3 nitrogen and oxygen atoms in total. The Balaban J connectivity index is 1.78. The molecular weight excluding hydrogens is 200 g/mol. The third kappa shape index (κ3) is 2.94. The van der Waals surface area contributed by atoms with Crippen molar-refractivity contribution in [2.75, 3.05) is 6.54 Å². The lowest BCUT2D eigenvalue weighted by Crippen LogP contribution is -2.19. The fourth-order valence-corrected chi connectivity index (χ4v) is 1.64. The van der Waals surface area contributed by atoms with E-state index in [4.69, 9.17) is 4.52 Å². The molecule has 1 atom stereocenters. The average Bonchev–Trinajstić information content (AvgIpc) is 2.83. The zero-order valence-corrected chi connectivity index (χ0v) is 9.39. The minimum Gasteiger partial charge on any atom is -0.364 e. The van der Waals surface area contributed by atoms with E-state index in [1.165, 1.54) is 5.56 Å². The zero-order chi connectivity index (χ0) is 11.2. The van der Waals surface area contributed by atoms with Gasteiger partial charge in [-0.1, -0.05) is 42.4 Å². The molecule has 1 aromatic heterocycles. The fraction of sp³-hybridized carbons (Fsp3) is 0.308. The van der Waals surface area contributed by atoms with E-state index in [0.29, 0.717) is 5.92 Å². The van der Waals surface area contributed by atoms with E-state index in [1.807, 2.05) is 12.1 Å². The first-order chi connectivity index (χ1) is 7.86. The molecule has 0 aliphatic rings. The van der Waals surface area contributed by atoms with Gasteiger partial charge in [0, 0.05) is 19.2 Å². The quantitative estimate of drug-likeness (QED) is 0.834. The number of nitrogens with one attached hydrogen (secondary N) is 1. The van der Waals surface area contributed by atoms with Gasteiger partial charge in [0.15, 0.2) is 0 Å². The second-order valence-electron chi connectivity index (χ2n) is 3.93. The summed E-state index contributed by atoms with van der Waals surface area (Å²) in [7, 11) is 0. The summed E-state index contributed by atoms with van der Waals surface area (Å²) in [5, 5.41) is 7.21. The molecule has 0 saturated carbocycles. The Morgan fingerprint density at radius 1 is 1.25 bits per heavy atom. The highest BCUT2D eigenvalue weighted by Gasteiger charge is 2.04. The third-order valence-electron chi connectivity index (χ3n) is 2.62. The standard InChI is InChI=1S/C13H16N2O/c1-11(12-5-3-2-4-6-12)9-14-10-13-7-8-16-15-13/h2-8,11,14H,9-10H2,1H3. The van der Waals surface area contributed by atoms with Gasteiger partial charge in [-0.15, -0.1) is 0 Å². The van der Waals surface area contributed by atoms with Crippen LogP contribution in [0.1, 0.15) is 24.1 Å². The van der Waals surface area contributed by atoms with Crippen LogP contribution in [0.15, 0.2) is 47.2 Å². The summed E-state index contributed by atoms with van der Waals surface area (Å²) < 4.78 is 4.77. The molecule has 0 aliphatic heterocycles.